The summed E-state index contributed by atoms with van der Waals surface area (Å²) in [7, 11) is 1.68. The second-order valence-electron chi connectivity index (χ2n) is 3.38. The summed E-state index contributed by atoms with van der Waals surface area (Å²) in [6.45, 7) is 4.01. The summed E-state index contributed by atoms with van der Waals surface area (Å²) in [6.07, 6.45) is 0. The molecule has 0 saturated carbocycles. The molecule has 0 amide bonds. The molecule has 0 radical (unpaired) electrons. The van der Waals surface area contributed by atoms with E-state index >= 15 is 0 Å². The Bertz CT molecular complexity index is 493. The van der Waals surface area contributed by atoms with Crippen molar-refractivity contribution < 1.29 is 4.74 Å². The van der Waals surface area contributed by atoms with Crippen LogP contribution in [0.2, 0.25) is 0 Å². The molecular formula is C11H12ClNOSe. The van der Waals surface area contributed by atoms with Gasteiger partial charge in [0.25, 0.3) is 0 Å². The average molecular weight is 289 g/mol. The van der Waals surface area contributed by atoms with Gasteiger partial charge in [-0.1, -0.05) is 0 Å². The molecule has 0 aliphatic rings. The molecule has 1 aromatic carbocycles. The number of aromatic nitrogens is 1. The van der Waals surface area contributed by atoms with E-state index in [0.29, 0.717) is 14.5 Å². The van der Waals surface area contributed by atoms with Gasteiger partial charge in [0.1, 0.15) is 0 Å². The Kier molecular flexibility index (Phi) is 3.06. The number of ether oxygens (including phenoxy) is 1. The molecule has 0 bridgehead atoms. The van der Waals surface area contributed by atoms with Crippen molar-refractivity contribution in [3.63, 3.8) is 0 Å². The van der Waals surface area contributed by atoms with Gasteiger partial charge in [-0.25, -0.2) is 0 Å². The molecule has 2 aromatic rings. The van der Waals surface area contributed by atoms with E-state index in [1.165, 1.54) is 8.83 Å². The zero-order chi connectivity index (χ0) is 11.0. The van der Waals surface area contributed by atoms with Gasteiger partial charge in [-0.15, -0.1) is 0 Å². The molecular weight excluding hydrogens is 277 g/mol. The number of hydrogen-bond acceptors (Lipinski definition) is 2. The number of aryl methyl sites for hydroxylation is 1. The van der Waals surface area contributed by atoms with Crippen molar-refractivity contribution in [3.05, 3.63) is 22.3 Å². The van der Waals surface area contributed by atoms with E-state index in [9.17, 15) is 0 Å². The number of benzene rings is 1. The van der Waals surface area contributed by atoms with E-state index in [2.05, 4.69) is 18.0 Å². The van der Waals surface area contributed by atoms with E-state index in [-0.39, 0.29) is 5.38 Å². The molecule has 0 spiro atoms. The summed E-state index contributed by atoms with van der Waals surface area (Å²) >= 11 is 6.46. The van der Waals surface area contributed by atoms with E-state index in [4.69, 9.17) is 16.3 Å². The maximum absolute atomic E-state index is 6.10. The van der Waals surface area contributed by atoms with E-state index in [0.717, 1.165) is 16.8 Å². The first-order chi connectivity index (χ1) is 7.13. The summed E-state index contributed by atoms with van der Waals surface area (Å²) in [5.74, 6) is 0.841. The van der Waals surface area contributed by atoms with Crippen LogP contribution in [0.15, 0.2) is 12.1 Å². The van der Waals surface area contributed by atoms with Gasteiger partial charge in [0.15, 0.2) is 0 Å². The summed E-state index contributed by atoms with van der Waals surface area (Å²) in [4.78, 5) is 4.53. The molecule has 1 atom stereocenters. The van der Waals surface area contributed by atoms with Crippen molar-refractivity contribution in [2.75, 3.05) is 7.11 Å². The van der Waals surface area contributed by atoms with Crippen LogP contribution in [0.4, 0.5) is 0 Å². The van der Waals surface area contributed by atoms with Gasteiger partial charge in [0.2, 0.25) is 0 Å². The molecule has 0 saturated heterocycles. The second-order valence-corrected chi connectivity index (χ2v) is 6.63. The Morgan fingerprint density at radius 1 is 1.47 bits per heavy atom. The van der Waals surface area contributed by atoms with Crippen LogP contribution in [-0.2, 0) is 0 Å². The van der Waals surface area contributed by atoms with E-state index < -0.39 is 0 Å². The van der Waals surface area contributed by atoms with Gasteiger partial charge in [-0.3, -0.25) is 0 Å². The number of halogens is 1. The third-order valence-electron chi connectivity index (χ3n) is 2.28. The third kappa shape index (κ3) is 1.92. The first-order valence-electron chi connectivity index (χ1n) is 4.71. The molecule has 2 rings (SSSR count). The minimum atomic E-state index is -0.0474. The fraction of sp³-hybridized carbons (Fsp3) is 0.364. The Morgan fingerprint density at radius 2 is 2.20 bits per heavy atom. The van der Waals surface area contributed by atoms with Gasteiger partial charge < -0.3 is 0 Å². The number of hydrogen-bond donors (Lipinski definition) is 0. The number of nitrogens with zero attached hydrogens (tertiary/aromatic N) is 1. The predicted molar refractivity (Wildman–Crippen MR) is 64.2 cm³/mol. The van der Waals surface area contributed by atoms with Gasteiger partial charge >= 0.3 is 100.0 Å². The Hall–Kier alpha value is -0.501. The molecule has 80 valence electrons. The molecule has 1 aromatic heterocycles. The van der Waals surface area contributed by atoms with Crippen LogP contribution in [0.1, 0.15) is 22.4 Å². The van der Waals surface area contributed by atoms with Crippen molar-refractivity contribution in [3.8, 4) is 5.75 Å². The van der Waals surface area contributed by atoms with Crippen LogP contribution < -0.4 is 4.74 Å². The first kappa shape index (κ1) is 11.0. The fourth-order valence-electron chi connectivity index (χ4n) is 1.62. The van der Waals surface area contributed by atoms with Gasteiger partial charge in [-0.2, -0.15) is 0 Å². The second kappa shape index (κ2) is 4.17. The van der Waals surface area contributed by atoms with Crippen LogP contribution in [-0.4, -0.2) is 26.6 Å². The van der Waals surface area contributed by atoms with E-state index in [1.807, 2.05) is 13.0 Å². The minimum absolute atomic E-state index is 0.0474. The zero-order valence-electron chi connectivity index (χ0n) is 8.87. The summed E-state index contributed by atoms with van der Waals surface area (Å²) in [6, 6.07) is 4.16. The summed E-state index contributed by atoms with van der Waals surface area (Å²) < 4.78 is 7.90. The van der Waals surface area contributed by atoms with Crippen LogP contribution in [0.3, 0.4) is 0 Å². The fourth-order valence-corrected chi connectivity index (χ4v) is 3.53. The van der Waals surface area contributed by atoms with Gasteiger partial charge in [0, 0.05) is 0 Å². The molecule has 0 aliphatic heterocycles. The van der Waals surface area contributed by atoms with Crippen molar-refractivity contribution in [2.24, 2.45) is 0 Å². The summed E-state index contributed by atoms with van der Waals surface area (Å²) in [5, 5.41) is -0.0474. The molecule has 2 nitrogen and oxygen atoms in total. The topological polar surface area (TPSA) is 22.1 Å². The number of alkyl halides is 1. The van der Waals surface area contributed by atoms with Gasteiger partial charge in [0.05, 0.1) is 0 Å². The third-order valence-corrected chi connectivity index (χ3v) is 4.48. The molecule has 0 fully saturated rings. The first-order valence-corrected chi connectivity index (χ1v) is 6.86. The molecule has 0 N–H and O–H groups in total. The number of fused-ring (bicyclic) bond motifs is 1. The van der Waals surface area contributed by atoms with Crippen molar-refractivity contribution in [1.29, 1.82) is 0 Å². The maximum atomic E-state index is 6.10. The molecule has 15 heavy (non-hydrogen) atoms. The molecule has 0 aliphatic carbocycles. The quantitative estimate of drug-likeness (QED) is 0.626. The monoisotopic (exact) mass is 289 g/mol. The standard InChI is InChI=1S/C11H12ClNOSe/c1-6(12)8-4-5-9-10(11(8)14-3)13-7(2)15-9/h4-6H,1-3H3. The van der Waals surface area contributed by atoms with Gasteiger partial charge in [-0.05, 0) is 0 Å². The molecule has 1 unspecified atom stereocenters. The van der Waals surface area contributed by atoms with Crippen LogP contribution in [0.25, 0.3) is 9.78 Å². The molecule has 1 heterocycles. The number of methoxy groups -OCH3 is 1. The normalized spacial score (nSPS) is 13.1. The zero-order valence-corrected chi connectivity index (χ0v) is 11.3. The average Bonchev–Trinajstić information content (AvgIpc) is 2.55. The van der Waals surface area contributed by atoms with Crippen molar-refractivity contribution >= 4 is 35.9 Å². The Morgan fingerprint density at radius 3 is 2.80 bits per heavy atom. The van der Waals surface area contributed by atoms with Crippen LogP contribution in [0, 0.1) is 6.92 Å². The number of rotatable bonds is 2. The van der Waals surface area contributed by atoms with E-state index in [1.54, 1.807) is 7.11 Å². The van der Waals surface area contributed by atoms with Crippen LogP contribution in [0.5, 0.6) is 5.75 Å². The van der Waals surface area contributed by atoms with Crippen LogP contribution >= 0.6 is 11.6 Å². The Labute approximate surface area is 100.0 Å². The predicted octanol–water partition coefficient (Wildman–Crippen LogP) is 2.91. The Balaban J connectivity index is 2.74. The summed E-state index contributed by atoms with van der Waals surface area (Å²) in [5.41, 5.74) is 2.01. The molecule has 4 heteroatoms. The van der Waals surface area contributed by atoms with Crippen molar-refractivity contribution in [2.45, 2.75) is 19.2 Å². The van der Waals surface area contributed by atoms with Crippen molar-refractivity contribution in [1.82, 2.24) is 4.98 Å². The SMILES string of the molecule is COc1c(C(C)Cl)ccc2[se]c(C)nc12.